The number of H-pyrrole nitrogens is 2. The van der Waals surface area contributed by atoms with Gasteiger partial charge in [0.2, 0.25) is 0 Å². The molecule has 40 heavy (non-hydrogen) atoms. The lowest BCUT2D eigenvalue weighted by Crippen LogP contribution is -1.86. The first-order chi connectivity index (χ1) is 19.8. The number of nitrogens with zero attached hydrogens (tertiary/aromatic N) is 14. The molecule has 0 saturated carbocycles. The maximum Gasteiger partial charge on any atom is 0.166 e. The Balaban J connectivity index is 1.51. The summed E-state index contributed by atoms with van der Waals surface area (Å²) in [5.41, 5.74) is 4.65. The van der Waals surface area contributed by atoms with Gasteiger partial charge in [-0.05, 0) is 0 Å². The first kappa shape index (κ1) is 20.7. The van der Waals surface area contributed by atoms with Gasteiger partial charge in [0.05, 0.1) is 93.4 Å². The van der Waals surface area contributed by atoms with Gasteiger partial charge in [-0.25, -0.2) is 29.9 Å². The van der Waals surface area contributed by atoms with Crippen molar-refractivity contribution in [2.75, 3.05) is 0 Å². The molecule has 2 aliphatic rings. The monoisotopic (exact) mass is 522 g/mol. The van der Waals surface area contributed by atoms with E-state index in [1.807, 2.05) is 0 Å². The van der Waals surface area contributed by atoms with Crippen LogP contribution in [-0.4, -0.2) is 80.7 Å². The molecule has 186 valence electrons. The molecular weight excluding hydrogens is 512 g/mol. The summed E-state index contributed by atoms with van der Waals surface area (Å²) in [5, 5.41) is 35.2. The van der Waals surface area contributed by atoms with E-state index >= 15 is 0 Å². The molecule has 7 aromatic rings. The minimum Gasteiger partial charge on any atom is -0.324 e. The average Bonchev–Trinajstić information content (AvgIpc) is 3.73. The van der Waals surface area contributed by atoms with Crippen molar-refractivity contribution >= 4 is 44.1 Å². The van der Waals surface area contributed by atoms with Crippen LogP contribution in [0, 0.1) is 0 Å². The molecule has 16 heteroatoms. The van der Waals surface area contributed by atoms with E-state index in [1.165, 1.54) is 0 Å². The summed E-state index contributed by atoms with van der Waals surface area (Å²) < 4.78 is 0. The van der Waals surface area contributed by atoms with E-state index < -0.39 is 0 Å². The second kappa shape index (κ2) is 7.60. The molecule has 7 aromatic heterocycles. The second-order valence-electron chi connectivity index (χ2n) is 8.88. The molecular formula is C24H10N16. The number of rotatable bonds is 0. The van der Waals surface area contributed by atoms with Gasteiger partial charge in [0.25, 0.3) is 0 Å². The van der Waals surface area contributed by atoms with E-state index in [-0.39, 0.29) is 0 Å². The van der Waals surface area contributed by atoms with Crippen LogP contribution in [0.3, 0.4) is 0 Å². The molecule has 16 nitrogen and oxygen atoms in total. The van der Waals surface area contributed by atoms with Gasteiger partial charge in [0.15, 0.2) is 23.3 Å². The highest BCUT2D eigenvalue weighted by Crippen LogP contribution is 2.35. The van der Waals surface area contributed by atoms with Gasteiger partial charge in [0, 0.05) is 0 Å². The van der Waals surface area contributed by atoms with Crippen LogP contribution >= 0.6 is 0 Å². The third kappa shape index (κ3) is 2.88. The highest BCUT2D eigenvalue weighted by molar-refractivity contribution is 6.05. The standard InChI is InChI=1S/C24H10N16/c1-9-10(2-26-25-1)18-33-17(9)37-19-11-3-27-28-4-12(11)21(34-19)39-23-15-7-31-32-8-16(15)24(36-23)40-22-14-6-30-29-5-13(14)20(35-22)38-18/h1-8H,(H2,33,34,35,36,37,38,39,40). The smallest absolute Gasteiger partial charge is 0.166 e. The molecule has 9 heterocycles. The Bertz CT molecular complexity index is 2040. The fourth-order valence-electron chi connectivity index (χ4n) is 4.80. The zero-order valence-corrected chi connectivity index (χ0v) is 19.9. The summed E-state index contributed by atoms with van der Waals surface area (Å²) in [6.45, 7) is 0. The molecule has 8 bridgehead atoms. The topological polar surface area (TPSA) is 212 Å². The van der Waals surface area contributed by atoms with Gasteiger partial charge in [-0.1, -0.05) is 0 Å². The maximum atomic E-state index is 4.83. The van der Waals surface area contributed by atoms with Crippen molar-refractivity contribution in [3.05, 3.63) is 49.6 Å². The molecule has 0 aliphatic carbocycles. The molecule has 0 atom stereocenters. The van der Waals surface area contributed by atoms with Crippen molar-refractivity contribution in [2.24, 2.45) is 0 Å². The Hall–Kier alpha value is -6.32. The average molecular weight is 522 g/mol. The van der Waals surface area contributed by atoms with Crippen LogP contribution in [-0.2, 0) is 0 Å². The van der Waals surface area contributed by atoms with Crippen molar-refractivity contribution in [1.29, 1.82) is 0 Å². The lowest BCUT2D eigenvalue weighted by atomic mass is 10.2. The maximum absolute atomic E-state index is 4.83. The fourth-order valence-corrected chi connectivity index (χ4v) is 4.80. The van der Waals surface area contributed by atoms with Crippen molar-refractivity contribution in [1.82, 2.24) is 80.7 Å². The molecule has 2 aliphatic heterocycles. The predicted octanol–water partition coefficient (Wildman–Crippen LogP) is 2.03. The summed E-state index contributed by atoms with van der Waals surface area (Å²) in [5.74, 6) is 1.60. The van der Waals surface area contributed by atoms with Crippen LogP contribution in [0.4, 0.5) is 0 Å². The molecule has 0 unspecified atom stereocenters. The van der Waals surface area contributed by atoms with Gasteiger partial charge in [-0.15, -0.1) is 0 Å². The van der Waals surface area contributed by atoms with E-state index in [2.05, 4.69) is 50.8 Å². The third-order valence-electron chi connectivity index (χ3n) is 6.67. The number of hydrogen-bond acceptors (Lipinski definition) is 14. The molecule has 0 radical (unpaired) electrons. The summed E-state index contributed by atoms with van der Waals surface area (Å²) >= 11 is 0. The zero-order chi connectivity index (χ0) is 26.2. The van der Waals surface area contributed by atoms with Crippen LogP contribution in [0.2, 0.25) is 0 Å². The van der Waals surface area contributed by atoms with Crippen LogP contribution in [0.1, 0.15) is 0 Å². The van der Waals surface area contributed by atoms with Gasteiger partial charge >= 0.3 is 0 Å². The number of nitrogens with one attached hydrogen (secondary N) is 2. The quantitative estimate of drug-likeness (QED) is 0.292. The molecule has 0 amide bonds. The van der Waals surface area contributed by atoms with Crippen molar-refractivity contribution in [3.63, 3.8) is 0 Å². The Morgan fingerprint density at radius 3 is 0.825 bits per heavy atom. The first-order valence-corrected chi connectivity index (χ1v) is 11.9. The van der Waals surface area contributed by atoms with E-state index in [9.17, 15) is 0 Å². The zero-order valence-electron chi connectivity index (χ0n) is 19.9. The summed E-state index contributed by atoms with van der Waals surface area (Å²) in [6, 6.07) is 0. The normalized spacial score (nSPS) is 12.0. The third-order valence-corrected chi connectivity index (χ3v) is 6.67. The minimum atomic E-state index is 0.400. The summed E-state index contributed by atoms with van der Waals surface area (Å²) in [7, 11) is 0. The first-order valence-electron chi connectivity index (χ1n) is 11.9. The highest BCUT2D eigenvalue weighted by atomic mass is 15.1. The van der Waals surface area contributed by atoms with Crippen molar-refractivity contribution in [2.45, 2.75) is 0 Å². The minimum absolute atomic E-state index is 0.400. The van der Waals surface area contributed by atoms with E-state index in [4.69, 9.17) is 29.9 Å². The Morgan fingerprint density at radius 2 is 0.550 bits per heavy atom. The summed E-state index contributed by atoms with van der Waals surface area (Å²) in [6.07, 6.45) is 12.9. The van der Waals surface area contributed by atoms with E-state index in [0.29, 0.717) is 89.7 Å². The van der Waals surface area contributed by atoms with Gasteiger partial charge in [-0.2, -0.15) is 40.8 Å². The van der Waals surface area contributed by atoms with Crippen LogP contribution in [0.5, 0.6) is 0 Å². The molecule has 0 aromatic carbocycles. The SMILES string of the molecule is c1nncc2c1-c1nc-2nc2[nH]c(nc3nc(nc4[nH]c(n1)c1cnncc41)-c1cnncc1-3)c1cnncc21. The Kier molecular flexibility index (Phi) is 3.94. The van der Waals surface area contributed by atoms with Crippen LogP contribution in [0.25, 0.3) is 89.7 Å². The van der Waals surface area contributed by atoms with Crippen LogP contribution in [0.15, 0.2) is 49.6 Å². The van der Waals surface area contributed by atoms with E-state index in [1.54, 1.807) is 49.6 Å². The Morgan fingerprint density at radius 1 is 0.300 bits per heavy atom. The van der Waals surface area contributed by atoms with Gasteiger partial charge in [0.1, 0.15) is 22.6 Å². The highest BCUT2D eigenvalue weighted by Gasteiger charge is 2.23. The molecule has 0 spiro atoms. The fraction of sp³-hybridized carbons (Fsp3) is 0. The van der Waals surface area contributed by atoms with Crippen molar-refractivity contribution < 1.29 is 0 Å². The number of hydrogen-bond donors (Lipinski definition) is 2. The van der Waals surface area contributed by atoms with Gasteiger partial charge < -0.3 is 9.97 Å². The second-order valence-corrected chi connectivity index (χ2v) is 8.88. The van der Waals surface area contributed by atoms with E-state index in [0.717, 1.165) is 0 Å². The molecule has 2 N–H and O–H groups in total. The van der Waals surface area contributed by atoms with Gasteiger partial charge in [-0.3, -0.25) is 0 Å². The lowest BCUT2D eigenvalue weighted by Gasteiger charge is -1.94. The largest absolute Gasteiger partial charge is 0.324 e. The number of fused-ring (bicyclic) bond motifs is 20. The summed E-state index contributed by atoms with van der Waals surface area (Å²) in [4.78, 5) is 35.4. The number of aromatic amines is 2. The number of aromatic nitrogens is 16. The van der Waals surface area contributed by atoms with Crippen LogP contribution < -0.4 is 0 Å². The molecule has 0 saturated heterocycles. The molecule has 0 fully saturated rings. The lowest BCUT2D eigenvalue weighted by molar-refractivity contribution is 1.03. The molecule has 9 rings (SSSR count). The van der Waals surface area contributed by atoms with Crippen molar-refractivity contribution in [3.8, 4) is 45.6 Å². The Labute approximate surface area is 220 Å². The predicted molar refractivity (Wildman–Crippen MR) is 138 cm³/mol.